The maximum Gasteiger partial charge on any atom is 0.264 e. The van der Waals surface area contributed by atoms with E-state index in [2.05, 4.69) is 5.32 Å². The second-order valence-corrected chi connectivity index (χ2v) is 10.7. The molecular weight excluding hydrogens is 502 g/mol. The number of likely N-dealkylation sites (N-methyl/N-ethyl adjacent to an activating group) is 1. The summed E-state index contributed by atoms with van der Waals surface area (Å²) in [5.74, 6) is -0.324. The van der Waals surface area contributed by atoms with Gasteiger partial charge >= 0.3 is 0 Å². The van der Waals surface area contributed by atoms with Crippen molar-refractivity contribution >= 4 is 27.5 Å². The lowest BCUT2D eigenvalue weighted by Gasteiger charge is -2.33. The van der Waals surface area contributed by atoms with Crippen molar-refractivity contribution in [2.45, 2.75) is 37.6 Å². The van der Waals surface area contributed by atoms with Crippen LogP contribution in [0.4, 0.5) is 5.69 Å². The normalized spacial score (nSPS) is 11.9. The molecule has 0 aliphatic rings. The number of carbonyl (C=O) groups excluding carboxylic acids is 2. The molecule has 0 aromatic heterocycles. The second-order valence-electron chi connectivity index (χ2n) is 8.89. The average molecular weight is 538 g/mol. The first-order valence-corrected chi connectivity index (χ1v) is 13.9. The average Bonchev–Trinajstić information content (AvgIpc) is 2.94. The molecule has 0 spiro atoms. The van der Waals surface area contributed by atoms with Gasteiger partial charge in [-0.1, -0.05) is 61.0 Å². The van der Waals surface area contributed by atoms with Gasteiger partial charge in [-0.2, -0.15) is 0 Å². The number of aryl methyl sites for hydroxylation is 1. The van der Waals surface area contributed by atoms with E-state index in [9.17, 15) is 18.0 Å². The molecule has 2 amide bonds. The van der Waals surface area contributed by atoms with Gasteiger partial charge in [0.25, 0.3) is 10.0 Å². The number of nitrogens with one attached hydrogen (secondary N) is 1. The van der Waals surface area contributed by atoms with Crippen LogP contribution in [0.25, 0.3) is 0 Å². The summed E-state index contributed by atoms with van der Waals surface area (Å²) in [6.45, 7) is 3.47. The van der Waals surface area contributed by atoms with E-state index in [0.29, 0.717) is 18.6 Å². The van der Waals surface area contributed by atoms with Crippen molar-refractivity contribution in [2.75, 3.05) is 31.6 Å². The van der Waals surface area contributed by atoms with Gasteiger partial charge in [0.15, 0.2) is 0 Å². The molecule has 38 heavy (non-hydrogen) atoms. The fraction of sp³-hybridized carbons (Fsp3) is 0.310. The third-order valence-corrected chi connectivity index (χ3v) is 8.13. The fourth-order valence-corrected chi connectivity index (χ4v) is 5.60. The Morgan fingerprint density at radius 3 is 2.26 bits per heavy atom. The molecule has 3 aromatic rings. The first-order chi connectivity index (χ1) is 18.2. The van der Waals surface area contributed by atoms with Gasteiger partial charge in [0.05, 0.1) is 17.7 Å². The lowest BCUT2D eigenvalue weighted by Crippen LogP contribution is -2.52. The molecular formula is C29H35N3O5S. The number of nitrogens with zero attached hydrogens (tertiary/aromatic N) is 2. The first kappa shape index (κ1) is 28.7. The number of methoxy groups -OCH3 is 1. The number of hydrogen-bond acceptors (Lipinski definition) is 5. The van der Waals surface area contributed by atoms with Crippen molar-refractivity contribution in [1.82, 2.24) is 10.2 Å². The fourth-order valence-electron chi connectivity index (χ4n) is 4.19. The van der Waals surface area contributed by atoms with Crippen LogP contribution < -0.4 is 14.4 Å². The van der Waals surface area contributed by atoms with Crippen LogP contribution in [0.1, 0.15) is 24.5 Å². The maximum absolute atomic E-state index is 13.9. The summed E-state index contributed by atoms with van der Waals surface area (Å²) < 4.78 is 34.1. The van der Waals surface area contributed by atoms with Crippen LogP contribution in [0.15, 0.2) is 83.8 Å². The molecule has 0 aliphatic heterocycles. The van der Waals surface area contributed by atoms with Gasteiger partial charge in [-0.25, -0.2) is 8.42 Å². The number of anilines is 1. The molecule has 8 nitrogen and oxygen atoms in total. The van der Waals surface area contributed by atoms with Crippen LogP contribution in [0.3, 0.4) is 0 Å². The topological polar surface area (TPSA) is 96.0 Å². The molecule has 202 valence electrons. The molecule has 1 N–H and O–H groups in total. The Morgan fingerprint density at radius 2 is 1.66 bits per heavy atom. The number of sulfonamides is 1. The molecule has 0 saturated carbocycles. The highest BCUT2D eigenvalue weighted by molar-refractivity contribution is 7.92. The van der Waals surface area contributed by atoms with Crippen molar-refractivity contribution < 1.29 is 22.7 Å². The maximum atomic E-state index is 13.9. The summed E-state index contributed by atoms with van der Waals surface area (Å²) in [6.07, 6.45) is 0.897. The Bertz CT molecular complexity index is 1330. The minimum absolute atomic E-state index is 0.0629. The summed E-state index contributed by atoms with van der Waals surface area (Å²) in [7, 11) is -1.11. The zero-order valence-corrected chi connectivity index (χ0v) is 23.1. The zero-order valence-electron chi connectivity index (χ0n) is 22.3. The summed E-state index contributed by atoms with van der Waals surface area (Å²) >= 11 is 0. The van der Waals surface area contributed by atoms with E-state index in [4.69, 9.17) is 4.74 Å². The standard InChI is InChI=1S/C29H35N3O5S/c1-5-27(29(34)30-3)31(19-18-23-10-7-6-8-11-23)28(33)21-32(24-12-9-13-25(20-24)37-4)38(35,36)26-16-14-22(2)15-17-26/h6-17,20,27H,5,18-19,21H2,1-4H3,(H,30,34). The molecule has 1 atom stereocenters. The van der Waals surface area contributed by atoms with Crippen LogP contribution in [-0.2, 0) is 26.0 Å². The number of benzene rings is 3. The highest BCUT2D eigenvalue weighted by atomic mass is 32.2. The lowest BCUT2D eigenvalue weighted by molar-refractivity contribution is -0.139. The highest BCUT2D eigenvalue weighted by Gasteiger charge is 2.33. The van der Waals surface area contributed by atoms with Crippen LogP contribution in [0, 0.1) is 6.92 Å². The number of rotatable bonds is 12. The Morgan fingerprint density at radius 1 is 0.974 bits per heavy atom. The Labute approximate surface area is 225 Å². The van der Waals surface area contributed by atoms with E-state index in [1.165, 1.54) is 31.2 Å². The van der Waals surface area contributed by atoms with Crippen LogP contribution >= 0.6 is 0 Å². The molecule has 0 fully saturated rings. The van der Waals surface area contributed by atoms with Gasteiger partial charge < -0.3 is 15.0 Å². The summed E-state index contributed by atoms with van der Waals surface area (Å²) in [5.41, 5.74) is 2.21. The summed E-state index contributed by atoms with van der Waals surface area (Å²) in [6, 6.07) is 21.9. The van der Waals surface area contributed by atoms with Crippen molar-refractivity contribution in [2.24, 2.45) is 0 Å². The number of amides is 2. The second kappa shape index (κ2) is 13.1. The Hall–Kier alpha value is -3.85. The summed E-state index contributed by atoms with van der Waals surface area (Å²) in [4.78, 5) is 28.1. The van der Waals surface area contributed by atoms with Crippen molar-refractivity contribution in [3.63, 3.8) is 0 Å². The van der Waals surface area contributed by atoms with Gasteiger partial charge in [-0.3, -0.25) is 13.9 Å². The first-order valence-electron chi connectivity index (χ1n) is 12.5. The van der Waals surface area contributed by atoms with E-state index in [1.807, 2.05) is 44.2 Å². The van der Waals surface area contributed by atoms with E-state index in [1.54, 1.807) is 36.4 Å². The minimum Gasteiger partial charge on any atom is -0.497 e. The van der Waals surface area contributed by atoms with E-state index < -0.39 is 28.5 Å². The predicted molar refractivity (Wildman–Crippen MR) is 149 cm³/mol. The van der Waals surface area contributed by atoms with E-state index in [-0.39, 0.29) is 23.0 Å². The number of carbonyl (C=O) groups is 2. The largest absolute Gasteiger partial charge is 0.497 e. The van der Waals surface area contributed by atoms with Crippen LogP contribution in [-0.4, -0.2) is 58.4 Å². The van der Waals surface area contributed by atoms with Gasteiger partial charge in [0.1, 0.15) is 18.3 Å². The molecule has 3 rings (SSSR count). The van der Waals surface area contributed by atoms with Gasteiger partial charge in [0, 0.05) is 19.7 Å². The molecule has 0 aliphatic carbocycles. The highest BCUT2D eigenvalue weighted by Crippen LogP contribution is 2.27. The quantitative estimate of drug-likeness (QED) is 0.379. The molecule has 9 heteroatoms. The number of hydrogen-bond donors (Lipinski definition) is 1. The van der Waals surface area contributed by atoms with Crippen molar-refractivity contribution in [1.29, 1.82) is 0 Å². The van der Waals surface area contributed by atoms with Crippen molar-refractivity contribution in [3.05, 3.63) is 90.0 Å². The smallest absolute Gasteiger partial charge is 0.264 e. The van der Waals surface area contributed by atoms with Gasteiger partial charge in [0.2, 0.25) is 11.8 Å². The summed E-state index contributed by atoms with van der Waals surface area (Å²) in [5, 5.41) is 2.63. The SMILES string of the molecule is CCC(C(=O)NC)N(CCc1ccccc1)C(=O)CN(c1cccc(OC)c1)S(=O)(=O)c1ccc(C)cc1. The van der Waals surface area contributed by atoms with E-state index in [0.717, 1.165) is 15.4 Å². The van der Waals surface area contributed by atoms with Crippen LogP contribution in [0.2, 0.25) is 0 Å². The number of ether oxygens (including phenoxy) is 1. The molecule has 1 unspecified atom stereocenters. The molecule has 0 heterocycles. The van der Waals surface area contributed by atoms with Crippen molar-refractivity contribution in [3.8, 4) is 5.75 Å². The predicted octanol–water partition coefficient (Wildman–Crippen LogP) is 3.79. The molecule has 0 radical (unpaired) electrons. The molecule has 0 bridgehead atoms. The molecule has 0 saturated heterocycles. The third kappa shape index (κ3) is 6.92. The van der Waals surface area contributed by atoms with E-state index >= 15 is 0 Å². The Kier molecular flexibility index (Phi) is 9.90. The van der Waals surface area contributed by atoms with Crippen LogP contribution in [0.5, 0.6) is 5.75 Å². The molecule has 3 aromatic carbocycles. The Balaban J connectivity index is 2.02. The minimum atomic E-state index is -4.12. The van der Waals surface area contributed by atoms with Gasteiger partial charge in [-0.15, -0.1) is 0 Å². The lowest BCUT2D eigenvalue weighted by atomic mass is 10.1. The van der Waals surface area contributed by atoms with Gasteiger partial charge in [-0.05, 0) is 49.6 Å². The monoisotopic (exact) mass is 537 g/mol. The third-order valence-electron chi connectivity index (χ3n) is 6.35. The zero-order chi connectivity index (χ0) is 27.7.